The fourth-order valence-corrected chi connectivity index (χ4v) is 3.10. The van der Waals surface area contributed by atoms with Crippen LogP contribution in [0.2, 0.25) is 5.02 Å². The number of ether oxygens (including phenoxy) is 2. The standard InChI is InChI=1S/C20H20ClFN4O2S/c1-3-27-7-8-28-19-11-17-14(10-18(19)26-29-4-2)20(24-12-23-17)25-13-5-6-16(22)15(21)9-13/h4-6,9-12,26H,2-3,7-8H2,1H3,(H,23,24,25). The van der Waals surface area contributed by atoms with Crippen LogP contribution in [0.25, 0.3) is 10.9 Å². The van der Waals surface area contributed by atoms with E-state index >= 15 is 0 Å². The molecule has 0 aliphatic carbocycles. The van der Waals surface area contributed by atoms with E-state index in [0.717, 1.165) is 11.1 Å². The normalized spacial score (nSPS) is 10.7. The third-order valence-corrected chi connectivity index (χ3v) is 4.65. The molecule has 6 nitrogen and oxygen atoms in total. The summed E-state index contributed by atoms with van der Waals surface area (Å²) < 4.78 is 27.8. The maximum absolute atomic E-state index is 13.4. The number of anilines is 3. The molecule has 2 aromatic carbocycles. The van der Waals surface area contributed by atoms with Crippen molar-refractivity contribution in [2.24, 2.45) is 0 Å². The zero-order chi connectivity index (χ0) is 20.6. The van der Waals surface area contributed by atoms with Crippen molar-refractivity contribution in [1.29, 1.82) is 0 Å². The highest BCUT2D eigenvalue weighted by Crippen LogP contribution is 2.35. The largest absolute Gasteiger partial charge is 0.489 e. The summed E-state index contributed by atoms with van der Waals surface area (Å²) in [6, 6.07) is 8.11. The lowest BCUT2D eigenvalue weighted by atomic mass is 10.2. The van der Waals surface area contributed by atoms with E-state index in [1.54, 1.807) is 11.5 Å². The number of hydrogen-bond donors (Lipinski definition) is 2. The maximum atomic E-state index is 13.4. The number of benzene rings is 2. The lowest BCUT2D eigenvalue weighted by Crippen LogP contribution is -2.07. The second-order valence-electron chi connectivity index (χ2n) is 5.77. The third-order valence-electron chi connectivity index (χ3n) is 3.86. The first-order chi connectivity index (χ1) is 14.1. The number of aromatic nitrogens is 2. The molecule has 0 saturated heterocycles. The van der Waals surface area contributed by atoms with Crippen molar-refractivity contribution in [3.05, 3.63) is 59.5 Å². The van der Waals surface area contributed by atoms with Gasteiger partial charge in [0.05, 0.1) is 22.8 Å². The van der Waals surface area contributed by atoms with E-state index in [2.05, 4.69) is 26.6 Å². The topological polar surface area (TPSA) is 68.3 Å². The van der Waals surface area contributed by atoms with Gasteiger partial charge in [-0.05, 0) is 48.5 Å². The molecule has 0 saturated carbocycles. The molecule has 3 rings (SSSR count). The lowest BCUT2D eigenvalue weighted by Gasteiger charge is -2.15. The number of nitrogens with one attached hydrogen (secondary N) is 2. The van der Waals surface area contributed by atoms with Gasteiger partial charge in [-0.15, -0.1) is 0 Å². The van der Waals surface area contributed by atoms with Crippen molar-refractivity contribution in [3.63, 3.8) is 0 Å². The van der Waals surface area contributed by atoms with Gasteiger partial charge < -0.3 is 19.5 Å². The molecule has 1 aromatic heterocycles. The molecule has 2 N–H and O–H groups in total. The van der Waals surface area contributed by atoms with Gasteiger partial charge in [0.15, 0.2) is 0 Å². The van der Waals surface area contributed by atoms with Gasteiger partial charge >= 0.3 is 0 Å². The number of fused-ring (bicyclic) bond motifs is 1. The smallest absolute Gasteiger partial charge is 0.145 e. The third kappa shape index (κ3) is 5.50. The molecule has 0 aliphatic heterocycles. The van der Waals surface area contributed by atoms with E-state index < -0.39 is 5.82 Å². The van der Waals surface area contributed by atoms with Crippen LogP contribution >= 0.6 is 23.5 Å². The Kier molecular flexibility index (Phi) is 7.51. The van der Waals surface area contributed by atoms with Gasteiger partial charge in [0, 0.05) is 23.7 Å². The molecular weight excluding hydrogens is 415 g/mol. The van der Waals surface area contributed by atoms with Crippen molar-refractivity contribution in [3.8, 4) is 5.75 Å². The highest BCUT2D eigenvalue weighted by Gasteiger charge is 2.12. The number of hydrogen-bond acceptors (Lipinski definition) is 7. The molecule has 0 radical (unpaired) electrons. The minimum Gasteiger partial charge on any atom is -0.489 e. The first-order valence-electron chi connectivity index (χ1n) is 8.86. The van der Waals surface area contributed by atoms with Crippen LogP contribution in [0.3, 0.4) is 0 Å². The fourth-order valence-electron chi connectivity index (χ4n) is 2.55. The fraction of sp³-hybridized carbons (Fsp3) is 0.200. The average Bonchev–Trinajstić information content (AvgIpc) is 2.72. The van der Waals surface area contributed by atoms with Gasteiger partial charge in [-0.2, -0.15) is 0 Å². The Morgan fingerprint density at radius 1 is 1.24 bits per heavy atom. The summed E-state index contributed by atoms with van der Waals surface area (Å²) in [5.74, 6) is 0.720. The number of nitrogens with zero attached hydrogens (tertiary/aromatic N) is 2. The van der Waals surface area contributed by atoms with Gasteiger partial charge in [-0.25, -0.2) is 14.4 Å². The summed E-state index contributed by atoms with van der Waals surface area (Å²) in [5.41, 5.74) is 2.05. The quantitative estimate of drug-likeness (QED) is 0.309. The van der Waals surface area contributed by atoms with Crippen molar-refractivity contribution in [1.82, 2.24) is 9.97 Å². The van der Waals surface area contributed by atoms with Gasteiger partial charge in [-0.3, -0.25) is 0 Å². The molecule has 0 bridgehead atoms. The van der Waals surface area contributed by atoms with E-state index in [9.17, 15) is 4.39 Å². The van der Waals surface area contributed by atoms with Crippen molar-refractivity contribution in [2.75, 3.05) is 29.9 Å². The Hall–Kier alpha value is -2.55. The Labute approximate surface area is 177 Å². The van der Waals surface area contributed by atoms with Crippen LogP contribution < -0.4 is 14.8 Å². The summed E-state index contributed by atoms with van der Waals surface area (Å²) in [6.45, 7) is 7.17. The van der Waals surface area contributed by atoms with Gasteiger partial charge in [0.1, 0.15) is 30.3 Å². The zero-order valence-corrected chi connectivity index (χ0v) is 17.3. The molecule has 0 aliphatic rings. The number of rotatable bonds is 10. The van der Waals surface area contributed by atoms with Crippen molar-refractivity contribution < 1.29 is 13.9 Å². The van der Waals surface area contributed by atoms with E-state index in [1.165, 1.54) is 30.4 Å². The zero-order valence-electron chi connectivity index (χ0n) is 15.7. The van der Waals surface area contributed by atoms with Crippen LogP contribution in [0, 0.1) is 5.82 Å². The lowest BCUT2D eigenvalue weighted by molar-refractivity contribution is 0.110. The summed E-state index contributed by atoms with van der Waals surface area (Å²) >= 11 is 7.20. The molecule has 1 heterocycles. The van der Waals surface area contributed by atoms with Crippen LogP contribution in [0.5, 0.6) is 5.75 Å². The summed E-state index contributed by atoms with van der Waals surface area (Å²) in [5, 5.41) is 5.63. The molecule has 0 unspecified atom stereocenters. The first kappa shape index (κ1) is 21.2. The summed E-state index contributed by atoms with van der Waals surface area (Å²) in [7, 11) is 0. The Morgan fingerprint density at radius 2 is 2.10 bits per heavy atom. The molecule has 29 heavy (non-hydrogen) atoms. The maximum Gasteiger partial charge on any atom is 0.145 e. The Balaban J connectivity index is 1.94. The molecule has 152 valence electrons. The molecule has 3 aromatic rings. The van der Waals surface area contributed by atoms with Gasteiger partial charge in [-0.1, -0.05) is 18.2 Å². The SMILES string of the molecule is C=CSNc1cc2c(Nc3ccc(F)c(Cl)c3)ncnc2cc1OCCOCC. The van der Waals surface area contributed by atoms with Crippen molar-refractivity contribution >= 4 is 51.6 Å². The van der Waals surface area contributed by atoms with Gasteiger partial charge in [0.2, 0.25) is 0 Å². The minimum atomic E-state index is -0.480. The van der Waals surface area contributed by atoms with E-state index in [4.69, 9.17) is 21.1 Å². The second kappa shape index (κ2) is 10.3. The van der Waals surface area contributed by atoms with Crippen LogP contribution in [-0.4, -0.2) is 29.8 Å². The van der Waals surface area contributed by atoms with Crippen LogP contribution in [0.4, 0.5) is 21.6 Å². The molecular formula is C20H20ClFN4O2S. The molecule has 9 heteroatoms. The molecule has 0 spiro atoms. The monoisotopic (exact) mass is 434 g/mol. The molecule has 0 fully saturated rings. The first-order valence-corrected chi connectivity index (χ1v) is 10.1. The summed E-state index contributed by atoms with van der Waals surface area (Å²) in [6.07, 6.45) is 1.45. The highest BCUT2D eigenvalue weighted by molar-refractivity contribution is 8.03. The highest BCUT2D eigenvalue weighted by atomic mass is 35.5. The average molecular weight is 435 g/mol. The van der Waals surface area contributed by atoms with Crippen LogP contribution in [0.15, 0.2) is 48.6 Å². The predicted molar refractivity (Wildman–Crippen MR) is 118 cm³/mol. The Morgan fingerprint density at radius 3 is 2.86 bits per heavy atom. The molecule has 0 amide bonds. The Bertz CT molecular complexity index is 1010. The second-order valence-corrected chi connectivity index (χ2v) is 6.95. The van der Waals surface area contributed by atoms with E-state index in [-0.39, 0.29) is 5.02 Å². The van der Waals surface area contributed by atoms with E-state index in [0.29, 0.717) is 42.6 Å². The van der Waals surface area contributed by atoms with Crippen LogP contribution in [0.1, 0.15) is 6.92 Å². The minimum absolute atomic E-state index is 0.0306. The van der Waals surface area contributed by atoms with Crippen LogP contribution in [-0.2, 0) is 4.74 Å². The van der Waals surface area contributed by atoms with E-state index in [1.807, 2.05) is 19.1 Å². The summed E-state index contributed by atoms with van der Waals surface area (Å²) in [4.78, 5) is 8.66. The number of halogens is 2. The van der Waals surface area contributed by atoms with Gasteiger partial charge in [0.25, 0.3) is 0 Å². The predicted octanol–water partition coefficient (Wildman–Crippen LogP) is 5.78. The molecule has 0 atom stereocenters. The van der Waals surface area contributed by atoms with Crippen molar-refractivity contribution in [2.45, 2.75) is 6.92 Å².